The molecule has 1 aromatic carbocycles. The zero-order chi connectivity index (χ0) is 14.7. The van der Waals surface area contributed by atoms with Gasteiger partial charge in [0.1, 0.15) is 12.4 Å². The summed E-state index contributed by atoms with van der Waals surface area (Å²) in [5, 5.41) is 15.1. The summed E-state index contributed by atoms with van der Waals surface area (Å²) in [4.78, 5) is 10.3. The molecule has 2 aromatic rings. The van der Waals surface area contributed by atoms with E-state index in [2.05, 4.69) is 21.0 Å². The monoisotopic (exact) mass is 339 g/mol. The summed E-state index contributed by atoms with van der Waals surface area (Å²) < 4.78 is 8.08. The van der Waals surface area contributed by atoms with Crippen molar-refractivity contribution < 1.29 is 9.66 Å². The third kappa shape index (κ3) is 3.16. The molecule has 0 atom stereocenters. The third-order valence-electron chi connectivity index (χ3n) is 2.89. The lowest BCUT2D eigenvalue weighted by molar-refractivity contribution is -0.385. The summed E-state index contributed by atoms with van der Waals surface area (Å²) >= 11 is 3.32. The number of benzene rings is 1. The van der Waals surface area contributed by atoms with Crippen LogP contribution in [0.1, 0.15) is 18.3 Å². The second-order valence-electron chi connectivity index (χ2n) is 4.26. The first kappa shape index (κ1) is 14.5. The van der Waals surface area contributed by atoms with Crippen LogP contribution in [0.3, 0.4) is 0 Å². The Morgan fingerprint density at radius 3 is 2.80 bits per heavy atom. The summed E-state index contributed by atoms with van der Waals surface area (Å²) in [5.74, 6) is 0.443. The van der Waals surface area contributed by atoms with Gasteiger partial charge >= 0.3 is 0 Å². The lowest BCUT2D eigenvalue weighted by atomic mass is 10.3. The van der Waals surface area contributed by atoms with Crippen molar-refractivity contribution in [2.24, 2.45) is 7.05 Å². The van der Waals surface area contributed by atoms with Crippen LogP contribution in [-0.4, -0.2) is 14.7 Å². The minimum absolute atomic E-state index is 0.00227. The average Bonchev–Trinajstić information content (AvgIpc) is 2.78. The molecule has 0 radical (unpaired) electrons. The van der Waals surface area contributed by atoms with E-state index >= 15 is 0 Å². The SMILES string of the molecule is CCc1cc(COc2cc([N+](=O)[O-])ccc2Br)n(C)n1. The highest BCUT2D eigenvalue weighted by Gasteiger charge is 2.11. The van der Waals surface area contributed by atoms with Crippen molar-refractivity contribution in [3.63, 3.8) is 0 Å². The molecule has 0 fully saturated rings. The smallest absolute Gasteiger partial charge is 0.273 e. The lowest BCUT2D eigenvalue weighted by Crippen LogP contribution is -2.03. The molecule has 0 amide bonds. The van der Waals surface area contributed by atoms with E-state index in [1.165, 1.54) is 12.1 Å². The second kappa shape index (κ2) is 6.04. The molecule has 0 saturated carbocycles. The van der Waals surface area contributed by atoms with Gasteiger partial charge in [-0.1, -0.05) is 6.92 Å². The zero-order valence-corrected chi connectivity index (χ0v) is 12.8. The van der Waals surface area contributed by atoms with Gasteiger partial charge in [-0.15, -0.1) is 0 Å². The van der Waals surface area contributed by atoms with Crippen LogP contribution in [0.4, 0.5) is 5.69 Å². The van der Waals surface area contributed by atoms with E-state index in [4.69, 9.17) is 4.74 Å². The van der Waals surface area contributed by atoms with Crippen molar-refractivity contribution in [3.05, 3.63) is 50.2 Å². The summed E-state index contributed by atoms with van der Waals surface area (Å²) in [5.41, 5.74) is 1.91. The van der Waals surface area contributed by atoms with Crippen LogP contribution < -0.4 is 4.74 Å². The second-order valence-corrected chi connectivity index (χ2v) is 5.12. The summed E-state index contributed by atoms with van der Waals surface area (Å²) in [6, 6.07) is 6.40. The van der Waals surface area contributed by atoms with Crippen LogP contribution in [0.5, 0.6) is 5.75 Å². The largest absolute Gasteiger partial charge is 0.486 e. The highest BCUT2D eigenvalue weighted by atomic mass is 79.9. The maximum Gasteiger partial charge on any atom is 0.273 e. The highest BCUT2D eigenvalue weighted by molar-refractivity contribution is 9.10. The lowest BCUT2D eigenvalue weighted by Gasteiger charge is -2.08. The van der Waals surface area contributed by atoms with E-state index in [0.717, 1.165) is 17.8 Å². The summed E-state index contributed by atoms with van der Waals surface area (Å²) in [7, 11) is 1.85. The predicted octanol–water partition coefficient (Wildman–Crippen LogP) is 3.23. The first-order valence-electron chi connectivity index (χ1n) is 6.09. The van der Waals surface area contributed by atoms with Crippen LogP contribution >= 0.6 is 15.9 Å². The van der Waals surface area contributed by atoms with E-state index in [-0.39, 0.29) is 5.69 Å². The molecule has 1 heterocycles. The molecule has 2 rings (SSSR count). The number of nitrogens with zero attached hydrogens (tertiary/aromatic N) is 3. The quantitative estimate of drug-likeness (QED) is 0.619. The maximum absolute atomic E-state index is 10.8. The Hall–Kier alpha value is -1.89. The number of aromatic nitrogens is 2. The van der Waals surface area contributed by atoms with Crippen molar-refractivity contribution in [2.45, 2.75) is 20.0 Å². The molecule has 0 bridgehead atoms. The first-order chi connectivity index (χ1) is 9.51. The van der Waals surface area contributed by atoms with Gasteiger partial charge in [0.25, 0.3) is 5.69 Å². The molecule has 0 spiro atoms. The molecule has 0 aliphatic rings. The van der Waals surface area contributed by atoms with Gasteiger partial charge in [-0.3, -0.25) is 14.8 Å². The number of nitro groups is 1. The van der Waals surface area contributed by atoms with Crippen LogP contribution in [0.15, 0.2) is 28.7 Å². The minimum atomic E-state index is -0.446. The average molecular weight is 340 g/mol. The van der Waals surface area contributed by atoms with E-state index < -0.39 is 4.92 Å². The van der Waals surface area contributed by atoms with Gasteiger partial charge in [0.15, 0.2) is 0 Å². The Labute approximate surface area is 124 Å². The number of aryl methyl sites for hydroxylation is 2. The topological polar surface area (TPSA) is 70.2 Å². The molecule has 6 nitrogen and oxygen atoms in total. The van der Waals surface area contributed by atoms with E-state index in [9.17, 15) is 10.1 Å². The Bertz CT molecular complexity index is 640. The fourth-order valence-corrected chi connectivity index (χ4v) is 2.11. The predicted molar refractivity (Wildman–Crippen MR) is 77.7 cm³/mol. The molecule has 20 heavy (non-hydrogen) atoms. The molecule has 0 aliphatic heterocycles. The molecular formula is C13H14BrN3O3. The Morgan fingerprint density at radius 2 is 2.20 bits per heavy atom. The zero-order valence-electron chi connectivity index (χ0n) is 11.2. The first-order valence-corrected chi connectivity index (χ1v) is 6.89. The maximum atomic E-state index is 10.8. The van der Waals surface area contributed by atoms with E-state index in [1.807, 2.05) is 20.0 Å². The number of rotatable bonds is 5. The molecular weight excluding hydrogens is 326 g/mol. The highest BCUT2D eigenvalue weighted by Crippen LogP contribution is 2.29. The number of hydrogen-bond acceptors (Lipinski definition) is 4. The number of halogens is 1. The minimum Gasteiger partial charge on any atom is -0.486 e. The van der Waals surface area contributed by atoms with Gasteiger partial charge in [-0.05, 0) is 34.5 Å². The number of ether oxygens (including phenoxy) is 1. The molecule has 106 valence electrons. The van der Waals surface area contributed by atoms with Crippen molar-refractivity contribution in [1.29, 1.82) is 0 Å². The number of non-ortho nitro benzene ring substituents is 1. The van der Waals surface area contributed by atoms with Crippen molar-refractivity contribution in [1.82, 2.24) is 9.78 Å². The molecule has 0 N–H and O–H groups in total. The molecule has 0 saturated heterocycles. The van der Waals surface area contributed by atoms with Crippen molar-refractivity contribution in [3.8, 4) is 5.75 Å². The molecule has 0 unspecified atom stereocenters. The Balaban J connectivity index is 2.15. The van der Waals surface area contributed by atoms with Gasteiger partial charge in [-0.2, -0.15) is 5.10 Å². The fraction of sp³-hybridized carbons (Fsp3) is 0.308. The molecule has 7 heteroatoms. The Kier molecular flexibility index (Phi) is 4.39. The van der Waals surface area contributed by atoms with E-state index in [1.54, 1.807) is 10.7 Å². The van der Waals surface area contributed by atoms with Gasteiger partial charge in [0.05, 0.1) is 26.9 Å². The van der Waals surface area contributed by atoms with Crippen LogP contribution in [0, 0.1) is 10.1 Å². The van der Waals surface area contributed by atoms with Crippen LogP contribution in [-0.2, 0) is 20.1 Å². The van der Waals surface area contributed by atoms with Gasteiger partial charge in [0, 0.05) is 13.1 Å². The fourth-order valence-electron chi connectivity index (χ4n) is 1.75. The van der Waals surface area contributed by atoms with Gasteiger partial charge < -0.3 is 4.74 Å². The summed E-state index contributed by atoms with van der Waals surface area (Å²) in [6.45, 7) is 2.34. The molecule has 0 aliphatic carbocycles. The standard InChI is InChI=1S/C13H14BrN3O3/c1-3-9-6-11(16(2)15-9)8-20-13-7-10(17(18)19)4-5-12(13)14/h4-7H,3,8H2,1-2H3. The van der Waals surface area contributed by atoms with Crippen LogP contribution in [0.25, 0.3) is 0 Å². The molecule has 1 aromatic heterocycles. The van der Waals surface area contributed by atoms with Gasteiger partial charge in [0.2, 0.25) is 0 Å². The third-order valence-corrected chi connectivity index (χ3v) is 3.55. The van der Waals surface area contributed by atoms with Crippen molar-refractivity contribution >= 4 is 21.6 Å². The number of nitro benzene ring substituents is 1. The number of hydrogen-bond donors (Lipinski definition) is 0. The van der Waals surface area contributed by atoms with Crippen molar-refractivity contribution in [2.75, 3.05) is 0 Å². The van der Waals surface area contributed by atoms with E-state index in [0.29, 0.717) is 16.8 Å². The van der Waals surface area contributed by atoms with Crippen LogP contribution in [0.2, 0.25) is 0 Å². The van der Waals surface area contributed by atoms with Gasteiger partial charge in [-0.25, -0.2) is 0 Å². The summed E-state index contributed by atoms with van der Waals surface area (Å²) in [6.07, 6.45) is 0.855. The Morgan fingerprint density at radius 1 is 1.45 bits per heavy atom. The normalized spacial score (nSPS) is 10.6.